The van der Waals surface area contributed by atoms with E-state index in [9.17, 15) is 5.26 Å². The average Bonchev–Trinajstić information content (AvgIpc) is 3.89. The summed E-state index contributed by atoms with van der Waals surface area (Å²) in [6.45, 7) is 4.23. The molecule has 3 aromatic carbocycles. The fraction of sp³-hybridized carbons (Fsp3) is 0.229. The lowest BCUT2D eigenvalue weighted by molar-refractivity contribution is 0.294. The first kappa shape index (κ1) is 25.1. The van der Waals surface area contributed by atoms with Crippen molar-refractivity contribution in [3.8, 4) is 23.1 Å². The lowest BCUT2D eigenvalue weighted by Gasteiger charge is -2.38. The minimum Gasteiger partial charge on any atom is -0.473 e. The molecule has 0 unspecified atom stereocenters. The second-order valence-corrected chi connectivity index (χ2v) is 10.8. The van der Waals surface area contributed by atoms with Crippen molar-refractivity contribution in [2.45, 2.75) is 25.4 Å². The summed E-state index contributed by atoms with van der Waals surface area (Å²) in [5, 5.41) is 10.5. The molecule has 1 saturated heterocycles. The summed E-state index contributed by atoms with van der Waals surface area (Å²) >= 11 is 0. The molecule has 202 valence electrons. The molecule has 0 bridgehead atoms. The predicted octanol–water partition coefficient (Wildman–Crippen LogP) is 6.95. The summed E-state index contributed by atoms with van der Waals surface area (Å²) in [6, 6.07) is 30.8. The molecule has 0 N–H and O–H groups in total. The number of nitrogens with zero attached hydrogens (tertiary/aromatic N) is 5. The zero-order valence-electron chi connectivity index (χ0n) is 22.9. The monoisotopic (exact) mass is 537 g/mol. The maximum atomic E-state index is 9.21. The average molecular weight is 538 g/mol. The fourth-order valence-corrected chi connectivity index (χ4v) is 5.86. The maximum absolute atomic E-state index is 9.21. The number of benzene rings is 3. The molecule has 6 nitrogen and oxygen atoms in total. The number of hydrogen-bond donors (Lipinski definition) is 0. The molecule has 1 aliphatic heterocycles. The smallest absolute Gasteiger partial charge is 0.215 e. The van der Waals surface area contributed by atoms with Crippen LogP contribution in [0.25, 0.3) is 22.0 Å². The molecule has 5 aromatic rings. The number of fused-ring (bicyclic) bond motifs is 1. The molecule has 0 amide bonds. The molecule has 3 heterocycles. The number of rotatable bonds is 7. The summed E-state index contributed by atoms with van der Waals surface area (Å²) < 4.78 is 5.99. The van der Waals surface area contributed by atoms with Gasteiger partial charge in [-0.3, -0.25) is 4.98 Å². The first-order chi connectivity index (χ1) is 20.3. The number of anilines is 2. The Labute approximate surface area is 240 Å². The van der Waals surface area contributed by atoms with E-state index >= 15 is 0 Å². The third-order valence-corrected chi connectivity index (χ3v) is 8.16. The number of pyridine rings is 2. The van der Waals surface area contributed by atoms with Gasteiger partial charge in [-0.05, 0) is 53.6 Å². The van der Waals surface area contributed by atoms with Crippen molar-refractivity contribution >= 4 is 22.3 Å². The quantitative estimate of drug-likeness (QED) is 0.224. The van der Waals surface area contributed by atoms with Crippen LogP contribution in [0.15, 0.2) is 97.3 Å². The maximum Gasteiger partial charge on any atom is 0.215 e. The zero-order chi connectivity index (χ0) is 27.6. The highest BCUT2D eigenvalue weighted by atomic mass is 16.5. The molecular weight excluding hydrogens is 506 g/mol. The number of ether oxygens (including phenoxy) is 1. The molecule has 0 radical (unpaired) electrons. The van der Waals surface area contributed by atoms with Gasteiger partial charge in [0.1, 0.15) is 6.61 Å². The van der Waals surface area contributed by atoms with E-state index in [1.807, 2.05) is 48.7 Å². The summed E-state index contributed by atoms with van der Waals surface area (Å²) in [4.78, 5) is 14.4. The first-order valence-electron chi connectivity index (χ1n) is 14.3. The fourth-order valence-electron chi connectivity index (χ4n) is 5.86. The standard InChI is InChI=1S/C35H31N5O/c36-22-25-9-11-27(12-10-25)30-7-4-8-31-34(28-13-14-28)32(23-38-35(30)31)40-19-17-39(18-20-40)29-15-16-37-33(21-29)41-24-26-5-2-1-3-6-26/h1-12,15-16,21,23,28H,13-14,17-20,24H2. The van der Waals surface area contributed by atoms with E-state index in [1.165, 1.54) is 29.5 Å². The van der Waals surface area contributed by atoms with E-state index in [1.54, 1.807) is 0 Å². The number of nitriles is 1. The van der Waals surface area contributed by atoms with Crippen LogP contribution in [0.1, 0.15) is 35.4 Å². The van der Waals surface area contributed by atoms with Gasteiger partial charge in [0.2, 0.25) is 5.88 Å². The lowest BCUT2D eigenvalue weighted by Crippen LogP contribution is -2.46. The molecule has 0 atom stereocenters. The Kier molecular flexibility index (Phi) is 6.70. The highest BCUT2D eigenvalue weighted by Crippen LogP contribution is 2.48. The Morgan fingerprint density at radius 2 is 1.61 bits per heavy atom. The Morgan fingerprint density at radius 1 is 0.829 bits per heavy atom. The van der Waals surface area contributed by atoms with Crippen LogP contribution in [0, 0.1) is 11.3 Å². The van der Waals surface area contributed by atoms with Crippen molar-refractivity contribution < 1.29 is 4.74 Å². The SMILES string of the molecule is N#Cc1ccc(-c2cccc3c(C4CC4)c(N4CCN(c5ccnc(OCc6ccccc6)c5)CC4)cnc23)cc1. The Morgan fingerprint density at radius 3 is 2.37 bits per heavy atom. The predicted molar refractivity (Wildman–Crippen MR) is 163 cm³/mol. The molecule has 1 saturated carbocycles. The third kappa shape index (κ3) is 5.19. The van der Waals surface area contributed by atoms with E-state index in [-0.39, 0.29) is 0 Å². The van der Waals surface area contributed by atoms with Crippen molar-refractivity contribution in [3.05, 3.63) is 114 Å². The van der Waals surface area contributed by atoms with E-state index in [0.29, 0.717) is 24.0 Å². The van der Waals surface area contributed by atoms with Gasteiger partial charge in [-0.2, -0.15) is 5.26 Å². The highest BCUT2D eigenvalue weighted by molar-refractivity contribution is 5.98. The van der Waals surface area contributed by atoms with Gasteiger partial charge in [-0.1, -0.05) is 60.7 Å². The number of aromatic nitrogens is 2. The molecular formula is C35H31N5O. The van der Waals surface area contributed by atoms with Gasteiger partial charge in [0.25, 0.3) is 0 Å². The van der Waals surface area contributed by atoms with Crippen LogP contribution in [0.5, 0.6) is 5.88 Å². The summed E-state index contributed by atoms with van der Waals surface area (Å²) in [5.74, 6) is 1.25. The van der Waals surface area contributed by atoms with E-state index in [2.05, 4.69) is 69.5 Å². The Balaban J connectivity index is 1.10. The normalized spacial score (nSPS) is 15.1. The number of piperazine rings is 1. The van der Waals surface area contributed by atoms with Crippen molar-refractivity contribution in [2.24, 2.45) is 0 Å². The van der Waals surface area contributed by atoms with Crippen LogP contribution in [-0.2, 0) is 6.61 Å². The summed E-state index contributed by atoms with van der Waals surface area (Å²) in [5.41, 5.74) is 8.92. The first-order valence-corrected chi connectivity index (χ1v) is 14.3. The van der Waals surface area contributed by atoms with Gasteiger partial charge >= 0.3 is 0 Å². The molecule has 41 heavy (non-hydrogen) atoms. The van der Waals surface area contributed by atoms with Gasteiger partial charge in [-0.25, -0.2) is 4.98 Å². The van der Waals surface area contributed by atoms with E-state index < -0.39 is 0 Å². The zero-order valence-corrected chi connectivity index (χ0v) is 22.9. The molecule has 0 spiro atoms. The van der Waals surface area contributed by atoms with Crippen LogP contribution >= 0.6 is 0 Å². The molecule has 7 rings (SSSR count). The summed E-state index contributed by atoms with van der Waals surface area (Å²) in [6.07, 6.45) is 6.40. The van der Waals surface area contributed by atoms with Crippen LogP contribution in [0.4, 0.5) is 11.4 Å². The Hall–Kier alpha value is -4.89. The number of hydrogen-bond acceptors (Lipinski definition) is 6. The second-order valence-electron chi connectivity index (χ2n) is 10.8. The largest absolute Gasteiger partial charge is 0.473 e. The van der Waals surface area contributed by atoms with Gasteiger partial charge < -0.3 is 14.5 Å². The topological polar surface area (TPSA) is 65.3 Å². The second kappa shape index (κ2) is 10.9. The van der Waals surface area contributed by atoms with Crippen LogP contribution in [0.2, 0.25) is 0 Å². The van der Waals surface area contributed by atoms with Crippen LogP contribution in [-0.4, -0.2) is 36.1 Å². The van der Waals surface area contributed by atoms with Crippen LogP contribution < -0.4 is 14.5 Å². The molecule has 2 aliphatic rings. The van der Waals surface area contributed by atoms with Crippen molar-refractivity contribution in [3.63, 3.8) is 0 Å². The van der Waals surface area contributed by atoms with Gasteiger partial charge in [0.05, 0.1) is 29.0 Å². The minimum absolute atomic E-state index is 0.511. The minimum atomic E-state index is 0.511. The molecule has 1 aliphatic carbocycles. The lowest BCUT2D eigenvalue weighted by atomic mass is 9.96. The molecule has 6 heteroatoms. The van der Waals surface area contributed by atoms with Crippen molar-refractivity contribution in [1.82, 2.24) is 9.97 Å². The van der Waals surface area contributed by atoms with Gasteiger partial charge in [0.15, 0.2) is 0 Å². The molecule has 2 fully saturated rings. The van der Waals surface area contributed by atoms with E-state index in [0.717, 1.165) is 54.1 Å². The Bertz CT molecular complexity index is 1720. The van der Waals surface area contributed by atoms with Crippen LogP contribution in [0.3, 0.4) is 0 Å². The van der Waals surface area contributed by atoms with Gasteiger partial charge in [-0.15, -0.1) is 0 Å². The summed E-state index contributed by atoms with van der Waals surface area (Å²) in [7, 11) is 0. The highest BCUT2D eigenvalue weighted by Gasteiger charge is 2.31. The molecule has 2 aromatic heterocycles. The van der Waals surface area contributed by atoms with E-state index in [4.69, 9.17) is 9.72 Å². The van der Waals surface area contributed by atoms with Crippen molar-refractivity contribution in [1.29, 1.82) is 5.26 Å². The van der Waals surface area contributed by atoms with Gasteiger partial charge in [0, 0.05) is 55.1 Å². The number of para-hydroxylation sites is 1. The van der Waals surface area contributed by atoms with Crippen molar-refractivity contribution in [2.75, 3.05) is 36.0 Å². The third-order valence-electron chi connectivity index (χ3n) is 8.16.